The molecule has 5 nitrogen and oxygen atoms in total. The van der Waals surface area contributed by atoms with Gasteiger partial charge in [-0.15, -0.1) is 24.0 Å². The minimum Gasteiger partial charge on any atom is -0.354 e. The van der Waals surface area contributed by atoms with E-state index in [9.17, 15) is 8.78 Å². The van der Waals surface area contributed by atoms with Crippen LogP contribution in [-0.4, -0.2) is 75.5 Å². The highest BCUT2D eigenvalue weighted by molar-refractivity contribution is 14.0. The van der Waals surface area contributed by atoms with Crippen molar-refractivity contribution >= 4 is 41.5 Å². The summed E-state index contributed by atoms with van der Waals surface area (Å²) in [7, 11) is 5.82. The van der Waals surface area contributed by atoms with Crippen LogP contribution in [0.2, 0.25) is 5.02 Å². The van der Waals surface area contributed by atoms with E-state index in [4.69, 9.17) is 11.6 Å². The van der Waals surface area contributed by atoms with Gasteiger partial charge in [0, 0.05) is 37.7 Å². The zero-order chi connectivity index (χ0) is 19.8. The number of halogens is 4. The Hall–Kier alpha value is -0.710. The van der Waals surface area contributed by atoms with Gasteiger partial charge in [-0.05, 0) is 44.6 Å². The second kappa shape index (κ2) is 12.8. The van der Waals surface area contributed by atoms with E-state index in [0.717, 1.165) is 23.8 Å². The number of hydrogen-bond acceptors (Lipinski definition) is 3. The summed E-state index contributed by atoms with van der Waals surface area (Å²) in [6.45, 7) is 1.93. The minimum absolute atomic E-state index is 0. The molecule has 0 bridgehead atoms. The van der Waals surface area contributed by atoms with Crippen LogP contribution in [-0.2, 0) is 0 Å². The molecular formula is C19H31ClF2IN5. The molecule has 1 aliphatic heterocycles. The van der Waals surface area contributed by atoms with Gasteiger partial charge < -0.3 is 15.5 Å². The summed E-state index contributed by atoms with van der Waals surface area (Å²) in [5.41, 5.74) is 1.17. The second-order valence-electron chi connectivity index (χ2n) is 7.09. The van der Waals surface area contributed by atoms with Crippen LogP contribution >= 0.6 is 35.6 Å². The van der Waals surface area contributed by atoms with Gasteiger partial charge in [-0.1, -0.05) is 23.7 Å². The lowest BCUT2D eigenvalue weighted by atomic mass is 10.1. The maximum atomic E-state index is 12.5. The summed E-state index contributed by atoms with van der Waals surface area (Å²) in [5, 5.41) is 7.53. The van der Waals surface area contributed by atoms with Crippen LogP contribution in [0.15, 0.2) is 29.3 Å². The molecule has 0 aliphatic carbocycles. The summed E-state index contributed by atoms with van der Waals surface area (Å²) >= 11 is 5.99. The van der Waals surface area contributed by atoms with E-state index >= 15 is 0 Å². The van der Waals surface area contributed by atoms with Crippen LogP contribution in [0.3, 0.4) is 0 Å². The number of hydrogen-bond donors (Lipinski definition) is 2. The fourth-order valence-corrected chi connectivity index (χ4v) is 3.45. The minimum atomic E-state index is -2.26. The monoisotopic (exact) mass is 529 g/mol. The first-order chi connectivity index (χ1) is 12.9. The molecule has 1 fully saturated rings. The molecule has 0 radical (unpaired) electrons. The number of guanidine groups is 1. The molecule has 1 heterocycles. The number of alkyl halides is 2. The molecule has 1 aromatic carbocycles. The molecule has 1 aliphatic rings. The molecule has 0 aromatic heterocycles. The second-order valence-corrected chi connectivity index (χ2v) is 7.53. The van der Waals surface area contributed by atoms with E-state index in [2.05, 4.69) is 20.5 Å². The van der Waals surface area contributed by atoms with Gasteiger partial charge in [0.1, 0.15) is 0 Å². The predicted octanol–water partition coefficient (Wildman–Crippen LogP) is 3.46. The Morgan fingerprint density at radius 3 is 2.36 bits per heavy atom. The Balaban J connectivity index is 0.00000392. The number of aliphatic imine (C=N–C) groups is 1. The molecule has 1 unspecified atom stereocenters. The van der Waals surface area contributed by atoms with Crippen molar-refractivity contribution < 1.29 is 8.78 Å². The quantitative estimate of drug-likeness (QED) is 0.323. The zero-order valence-corrected chi connectivity index (χ0v) is 19.8. The number of likely N-dealkylation sites (N-methyl/N-ethyl adjacent to an activating group) is 1. The Bertz CT molecular complexity index is 592. The van der Waals surface area contributed by atoms with Crippen molar-refractivity contribution in [3.8, 4) is 0 Å². The number of nitrogens with zero attached hydrogens (tertiary/aromatic N) is 3. The standard InChI is InChI=1S/C19H30ClF2N5.HI/c1-23-19(25-16-8-10-27(11-9-16)13-18(21)22)24-12-17(26(2)3)14-4-6-15(20)7-5-14;/h4-7,16-18H,8-13H2,1-3H3,(H2,23,24,25);1H. The number of nitrogens with one attached hydrogen (secondary N) is 2. The number of rotatable bonds is 7. The maximum Gasteiger partial charge on any atom is 0.251 e. The van der Waals surface area contributed by atoms with Gasteiger partial charge in [0.05, 0.1) is 12.6 Å². The van der Waals surface area contributed by atoms with E-state index in [0.29, 0.717) is 19.6 Å². The van der Waals surface area contributed by atoms with E-state index < -0.39 is 6.43 Å². The normalized spacial score (nSPS) is 17.5. The third-order valence-corrected chi connectivity index (χ3v) is 5.14. The van der Waals surface area contributed by atoms with Crippen molar-refractivity contribution in [3.63, 3.8) is 0 Å². The SMILES string of the molecule is CN=C(NCC(c1ccc(Cl)cc1)N(C)C)NC1CCN(CC(F)F)CC1.I. The molecule has 28 heavy (non-hydrogen) atoms. The number of likely N-dealkylation sites (tertiary alicyclic amines) is 1. The first-order valence-electron chi connectivity index (χ1n) is 9.28. The highest BCUT2D eigenvalue weighted by Gasteiger charge is 2.22. The van der Waals surface area contributed by atoms with Gasteiger partial charge in [-0.25, -0.2) is 8.78 Å². The topological polar surface area (TPSA) is 42.9 Å². The van der Waals surface area contributed by atoms with Crippen LogP contribution in [0.5, 0.6) is 0 Å². The van der Waals surface area contributed by atoms with Crippen molar-refractivity contribution in [1.29, 1.82) is 0 Å². The lowest BCUT2D eigenvalue weighted by Crippen LogP contribution is -2.50. The fourth-order valence-electron chi connectivity index (χ4n) is 3.32. The predicted molar refractivity (Wildman–Crippen MR) is 123 cm³/mol. The molecule has 160 valence electrons. The van der Waals surface area contributed by atoms with Gasteiger partial charge in [0.2, 0.25) is 0 Å². The number of piperidine rings is 1. The van der Waals surface area contributed by atoms with Gasteiger partial charge in [0.15, 0.2) is 5.96 Å². The van der Waals surface area contributed by atoms with Crippen molar-refractivity contribution in [3.05, 3.63) is 34.9 Å². The first kappa shape index (κ1) is 25.3. The highest BCUT2D eigenvalue weighted by atomic mass is 127. The Morgan fingerprint density at radius 2 is 1.86 bits per heavy atom. The van der Waals surface area contributed by atoms with E-state index in [1.807, 2.05) is 43.3 Å². The van der Waals surface area contributed by atoms with Crippen molar-refractivity contribution in [1.82, 2.24) is 20.4 Å². The smallest absolute Gasteiger partial charge is 0.251 e. The third-order valence-electron chi connectivity index (χ3n) is 4.89. The van der Waals surface area contributed by atoms with Crippen molar-refractivity contribution in [2.75, 3.05) is 47.3 Å². The maximum absolute atomic E-state index is 12.5. The molecular weight excluding hydrogens is 499 g/mol. The van der Waals surface area contributed by atoms with Gasteiger partial charge in [-0.3, -0.25) is 9.89 Å². The van der Waals surface area contributed by atoms with E-state index in [-0.39, 0.29) is 42.6 Å². The van der Waals surface area contributed by atoms with Crippen LogP contribution < -0.4 is 10.6 Å². The molecule has 1 saturated heterocycles. The lowest BCUT2D eigenvalue weighted by Gasteiger charge is -2.33. The summed E-state index contributed by atoms with van der Waals surface area (Å²) in [4.78, 5) is 8.28. The van der Waals surface area contributed by atoms with E-state index in [1.54, 1.807) is 7.05 Å². The molecule has 0 spiro atoms. The Labute approximate surface area is 188 Å². The first-order valence-corrected chi connectivity index (χ1v) is 9.66. The summed E-state index contributed by atoms with van der Waals surface area (Å²) < 4.78 is 25.0. The summed E-state index contributed by atoms with van der Waals surface area (Å²) in [5.74, 6) is 0.739. The van der Waals surface area contributed by atoms with Crippen LogP contribution in [0.4, 0.5) is 8.78 Å². The molecule has 0 amide bonds. The van der Waals surface area contributed by atoms with Crippen LogP contribution in [0, 0.1) is 0 Å². The largest absolute Gasteiger partial charge is 0.354 e. The van der Waals surface area contributed by atoms with Crippen LogP contribution in [0.1, 0.15) is 24.4 Å². The van der Waals surface area contributed by atoms with Crippen molar-refractivity contribution in [2.24, 2.45) is 4.99 Å². The average molecular weight is 530 g/mol. The highest BCUT2D eigenvalue weighted by Crippen LogP contribution is 2.20. The third kappa shape index (κ3) is 8.34. The Morgan fingerprint density at radius 1 is 1.25 bits per heavy atom. The summed E-state index contributed by atoms with van der Waals surface area (Å²) in [6.07, 6.45) is -0.594. The number of benzene rings is 1. The molecule has 2 N–H and O–H groups in total. The van der Waals surface area contributed by atoms with Gasteiger partial charge in [-0.2, -0.15) is 0 Å². The van der Waals surface area contributed by atoms with Gasteiger partial charge in [0.25, 0.3) is 6.43 Å². The molecule has 9 heteroatoms. The van der Waals surface area contributed by atoms with Gasteiger partial charge >= 0.3 is 0 Å². The van der Waals surface area contributed by atoms with Crippen LogP contribution in [0.25, 0.3) is 0 Å². The molecule has 1 aromatic rings. The van der Waals surface area contributed by atoms with E-state index in [1.165, 1.54) is 5.56 Å². The summed E-state index contributed by atoms with van der Waals surface area (Å²) in [6, 6.07) is 8.28. The fraction of sp³-hybridized carbons (Fsp3) is 0.632. The zero-order valence-electron chi connectivity index (χ0n) is 16.7. The van der Waals surface area contributed by atoms with Crippen molar-refractivity contribution in [2.45, 2.75) is 31.4 Å². The molecule has 0 saturated carbocycles. The molecule has 2 rings (SSSR count). The Kier molecular flexibility index (Phi) is 11.5. The average Bonchev–Trinajstić information content (AvgIpc) is 2.63. The molecule has 1 atom stereocenters. The lowest BCUT2D eigenvalue weighted by molar-refractivity contribution is 0.0744.